The summed E-state index contributed by atoms with van der Waals surface area (Å²) in [5.41, 5.74) is 1.59. The van der Waals surface area contributed by atoms with E-state index in [9.17, 15) is 0 Å². The highest BCUT2D eigenvalue weighted by Crippen LogP contribution is 2.26. The Labute approximate surface area is 130 Å². The predicted octanol–water partition coefficient (Wildman–Crippen LogP) is 3.33. The topological polar surface area (TPSA) is 65.5 Å². The molecule has 6 nitrogen and oxygen atoms in total. The van der Waals surface area contributed by atoms with Crippen LogP contribution in [0.4, 0.5) is 0 Å². The van der Waals surface area contributed by atoms with E-state index in [4.69, 9.17) is 9.15 Å². The van der Waals surface area contributed by atoms with E-state index in [0.29, 0.717) is 12.6 Å². The molecule has 0 N–H and O–H groups in total. The Balaban J connectivity index is 1.51. The molecule has 0 amide bonds. The molecule has 0 aliphatic heterocycles. The molecule has 4 heterocycles. The van der Waals surface area contributed by atoms with Crippen molar-refractivity contribution in [3.8, 4) is 16.8 Å². The van der Waals surface area contributed by atoms with Crippen LogP contribution in [0.25, 0.3) is 16.4 Å². The normalized spacial score (nSPS) is 11.1. The third-order valence-electron chi connectivity index (χ3n) is 3.13. The molecule has 0 saturated heterocycles. The van der Waals surface area contributed by atoms with Crippen molar-refractivity contribution in [3.05, 3.63) is 53.4 Å². The lowest BCUT2D eigenvalue weighted by Gasteiger charge is -2.01. The summed E-state index contributed by atoms with van der Waals surface area (Å²) in [6, 6.07) is 9.99. The molecule has 0 aliphatic rings. The third kappa shape index (κ3) is 2.35. The van der Waals surface area contributed by atoms with Gasteiger partial charge in [-0.05, 0) is 31.2 Å². The molecular weight excluding hydrogens is 300 g/mol. The number of furan rings is 1. The van der Waals surface area contributed by atoms with Gasteiger partial charge in [0.15, 0.2) is 16.4 Å². The van der Waals surface area contributed by atoms with Crippen molar-refractivity contribution < 1.29 is 9.15 Å². The van der Waals surface area contributed by atoms with Crippen LogP contribution in [0.15, 0.2) is 46.3 Å². The summed E-state index contributed by atoms with van der Waals surface area (Å²) in [6.07, 6.45) is 1.86. The Morgan fingerprint density at radius 2 is 2.18 bits per heavy atom. The van der Waals surface area contributed by atoms with Crippen LogP contribution in [0, 0.1) is 6.92 Å². The summed E-state index contributed by atoms with van der Waals surface area (Å²) in [6.45, 7) is 2.25. The molecule has 7 heteroatoms. The maximum absolute atomic E-state index is 5.70. The van der Waals surface area contributed by atoms with Crippen molar-refractivity contribution in [2.45, 2.75) is 13.5 Å². The van der Waals surface area contributed by atoms with Gasteiger partial charge in [-0.15, -0.1) is 16.4 Å². The molecule has 4 aromatic rings. The van der Waals surface area contributed by atoms with E-state index in [0.717, 1.165) is 27.9 Å². The largest absolute Gasteiger partial charge is 0.459 e. The second-order valence-electron chi connectivity index (χ2n) is 4.75. The van der Waals surface area contributed by atoms with Crippen molar-refractivity contribution in [2.75, 3.05) is 0 Å². The molecule has 0 fully saturated rings. The summed E-state index contributed by atoms with van der Waals surface area (Å²) >= 11 is 1.53. The smallest absolute Gasteiger partial charge is 0.321 e. The number of thiazole rings is 1. The van der Waals surface area contributed by atoms with Crippen LogP contribution in [0.1, 0.15) is 11.5 Å². The van der Waals surface area contributed by atoms with Gasteiger partial charge in [-0.3, -0.25) is 4.40 Å². The molecule has 0 spiro atoms. The first-order valence-corrected chi connectivity index (χ1v) is 7.61. The maximum atomic E-state index is 5.70. The first kappa shape index (κ1) is 13.0. The zero-order valence-corrected chi connectivity index (χ0v) is 12.6. The number of ether oxygens (including phenoxy) is 1. The van der Waals surface area contributed by atoms with Crippen LogP contribution in [-0.2, 0) is 6.61 Å². The minimum Gasteiger partial charge on any atom is -0.459 e. The highest BCUT2D eigenvalue weighted by atomic mass is 32.1. The maximum Gasteiger partial charge on any atom is 0.321 e. The number of nitrogens with zero attached hydrogens (tertiary/aromatic N) is 4. The average molecular weight is 312 g/mol. The Hall–Kier alpha value is -2.67. The molecule has 4 aromatic heterocycles. The Morgan fingerprint density at radius 1 is 1.23 bits per heavy atom. The molecule has 0 saturated carbocycles. The second kappa shape index (κ2) is 5.27. The zero-order valence-electron chi connectivity index (χ0n) is 11.8. The van der Waals surface area contributed by atoms with Crippen LogP contribution < -0.4 is 4.74 Å². The van der Waals surface area contributed by atoms with Gasteiger partial charge in [0.25, 0.3) is 0 Å². The van der Waals surface area contributed by atoms with Crippen molar-refractivity contribution in [2.24, 2.45) is 0 Å². The summed E-state index contributed by atoms with van der Waals surface area (Å²) in [5, 5.41) is 10.9. The fraction of sp³-hybridized carbons (Fsp3) is 0.133. The average Bonchev–Trinajstić information content (AvgIpc) is 3.24. The van der Waals surface area contributed by atoms with Crippen LogP contribution in [-0.4, -0.2) is 19.6 Å². The number of aryl methyl sites for hydroxylation is 1. The molecule has 22 heavy (non-hydrogen) atoms. The van der Waals surface area contributed by atoms with Gasteiger partial charge in [0, 0.05) is 11.6 Å². The summed E-state index contributed by atoms with van der Waals surface area (Å²) in [5.74, 6) is 1.65. The lowest BCUT2D eigenvalue weighted by atomic mass is 10.4. The van der Waals surface area contributed by atoms with E-state index in [2.05, 4.69) is 15.2 Å². The lowest BCUT2D eigenvalue weighted by molar-refractivity contribution is 0.274. The van der Waals surface area contributed by atoms with Crippen LogP contribution in [0.5, 0.6) is 6.01 Å². The Morgan fingerprint density at radius 3 is 3.05 bits per heavy atom. The number of rotatable bonds is 4. The monoisotopic (exact) mass is 312 g/mol. The number of hydrogen-bond acceptors (Lipinski definition) is 6. The van der Waals surface area contributed by atoms with E-state index >= 15 is 0 Å². The highest BCUT2D eigenvalue weighted by molar-refractivity contribution is 7.13. The zero-order chi connectivity index (χ0) is 14.9. The van der Waals surface area contributed by atoms with Crippen molar-refractivity contribution in [3.63, 3.8) is 0 Å². The van der Waals surface area contributed by atoms with E-state index in [1.54, 1.807) is 4.40 Å². The Kier molecular flexibility index (Phi) is 3.12. The first-order valence-electron chi connectivity index (χ1n) is 6.73. The molecule has 4 rings (SSSR count). The standard InChI is InChI=1S/C15H12N4O2S/c1-10-5-6-12(21-10)14-16-11(9-22-14)8-20-15-18-17-13-4-2-3-7-19(13)15/h2-7,9H,8H2,1H3. The molecule has 0 atom stereocenters. The number of aromatic nitrogens is 4. The Bertz CT molecular complexity index is 924. The van der Waals surface area contributed by atoms with Gasteiger partial charge < -0.3 is 9.15 Å². The molecule has 0 unspecified atom stereocenters. The summed E-state index contributed by atoms with van der Waals surface area (Å²) in [7, 11) is 0. The summed E-state index contributed by atoms with van der Waals surface area (Å²) in [4.78, 5) is 4.52. The molecule has 0 aromatic carbocycles. The van der Waals surface area contributed by atoms with Gasteiger partial charge in [0.05, 0.1) is 5.69 Å². The van der Waals surface area contributed by atoms with Crippen molar-refractivity contribution in [1.82, 2.24) is 19.6 Å². The first-order chi connectivity index (χ1) is 10.8. The quantitative estimate of drug-likeness (QED) is 0.578. The van der Waals surface area contributed by atoms with Gasteiger partial charge >= 0.3 is 6.01 Å². The van der Waals surface area contributed by atoms with Gasteiger partial charge in [-0.2, -0.15) is 0 Å². The van der Waals surface area contributed by atoms with Crippen LogP contribution in [0.3, 0.4) is 0 Å². The highest BCUT2D eigenvalue weighted by Gasteiger charge is 2.10. The third-order valence-corrected chi connectivity index (χ3v) is 4.04. The van der Waals surface area contributed by atoms with E-state index in [1.165, 1.54) is 11.3 Å². The molecule has 110 valence electrons. The SMILES string of the molecule is Cc1ccc(-c2nc(COc3nnc4ccccn34)cs2)o1. The van der Waals surface area contributed by atoms with E-state index in [1.807, 2.05) is 48.8 Å². The lowest BCUT2D eigenvalue weighted by Crippen LogP contribution is -1.99. The van der Waals surface area contributed by atoms with Gasteiger partial charge in [0.2, 0.25) is 0 Å². The van der Waals surface area contributed by atoms with Crippen LogP contribution in [0.2, 0.25) is 0 Å². The van der Waals surface area contributed by atoms with Gasteiger partial charge in [-0.1, -0.05) is 11.2 Å². The van der Waals surface area contributed by atoms with Crippen LogP contribution >= 0.6 is 11.3 Å². The predicted molar refractivity (Wildman–Crippen MR) is 81.9 cm³/mol. The van der Waals surface area contributed by atoms with Gasteiger partial charge in [0.1, 0.15) is 12.4 Å². The summed E-state index contributed by atoms with van der Waals surface area (Å²) < 4.78 is 13.1. The minimum atomic E-state index is 0.339. The second-order valence-corrected chi connectivity index (χ2v) is 5.61. The molecule has 0 aliphatic carbocycles. The minimum absolute atomic E-state index is 0.339. The van der Waals surface area contributed by atoms with Gasteiger partial charge in [-0.25, -0.2) is 4.98 Å². The molecule has 0 bridgehead atoms. The fourth-order valence-corrected chi connectivity index (χ4v) is 2.86. The number of fused-ring (bicyclic) bond motifs is 1. The number of pyridine rings is 1. The van der Waals surface area contributed by atoms with E-state index in [-0.39, 0.29) is 0 Å². The molecule has 0 radical (unpaired) electrons. The molecular formula is C15H12N4O2S. The van der Waals surface area contributed by atoms with E-state index < -0.39 is 0 Å². The van der Waals surface area contributed by atoms with Crippen molar-refractivity contribution in [1.29, 1.82) is 0 Å². The fourth-order valence-electron chi connectivity index (χ4n) is 2.09. The van der Waals surface area contributed by atoms with Crippen molar-refractivity contribution >= 4 is 17.0 Å². The number of hydrogen-bond donors (Lipinski definition) is 0.